The van der Waals surface area contributed by atoms with E-state index in [-0.39, 0.29) is 15.6 Å². The van der Waals surface area contributed by atoms with E-state index in [0.717, 1.165) is 0 Å². The highest BCUT2D eigenvalue weighted by atomic mass is 35.5. The highest BCUT2D eigenvalue weighted by molar-refractivity contribution is 6.34. The lowest BCUT2D eigenvalue weighted by atomic mass is 10.2. The van der Waals surface area contributed by atoms with E-state index >= 15 is 0 Å². The number of anilines is 1. The fraction of sp³-hybridized carbons (Fsp3) is 0. The lowest BCUT2D eigenvalue weighted by Crippen LogP contribution is -2.12. The zero-order valence-corrected chi connectivity index (χ0v) is 10.5. The summed E-state index contributed by atoms with van der Waals surface area (Å²) in [5.41, 5.74) is 0.617. The number of benzene rings is 1. The summed E-state index contributed by atoms with van der Waals surface area (Å²) in [7, 11) is 0. The first-order chi connectivity index (χ1) is 8.58. The highest BCUT2D eigenvalue weighted by Gasteiger charge is 2.11. The minimum absolute atomic E-state index is 0.0647. The van der Waals surface area contributed by atoms with Gasteiger partial charge in [-0.3, -0.25) is 9.78 Å². The first kappa shape index (κ1) is 12.8. The Morgan fingerprint density at radius 1 is 1.22 bits per heavy atom. The van der Waals surface area contributed by atoms with Crippen molar-refractivity contribution in [2.24, 2.45) is 0 Å². The molecule has 0 fully saturated rings. The van der Waals surface area contributed by atoms with Crippen molar-refractivity contribution in [2.75, 3.05) is 5.32 Å². The van der Waals surface area contributed by atoms with Gasteiger partial charge < -0.3 is 5.32 Å². The van der Waals surface area contributed by atoms with Crippen LogP contribution in [0.4, 0.5) is 10.1 Å². The van der Waals surface area contributed by atoms with Crippen molar-refractivity contribution in [1.82, 2.24) is 4.98 Å². The van der Waals surface area contributed by atoms with E-state index in [1.165, 1.54) is 36.7 Å². The summed E-state index contributed by atoms with van der Waals surface area (Å²) < 4.78 is 12.9. The number of amides is 1. The molecule has 1 aromatic carbocycles. The summed E-state index contributed by atoms with van der Waals surface area (Å²) in [5, 5.41) is 2.78. The van der Waals surface area contributed by atoms with Gasteiger partial charge in [0.1, 0.15) is 5.82 Å². The molecule has 0 spiro atoms. The third-order valence-corrected chi connectivity index (χ3v) is 2.81. The SMILES string of the molecule is O=C(Nc1ccc(F)c(Cl)c1)c1cnccc1Cl. The van der Waals surface area contributed by atoms with Gasteiger partial charge in [0.2, 0.25) is 0 Å². The topological polar surface area (TPSA) is 42.0 Å². The molecular weight excluding hydrogens is 278 g/mol. The first-order valence-corrected chi connectivity index (χ1v) is 5.69. The Morgan fingerprint density at radius 2 is 2.00 bits per heavy atom. The van der Waals surface area contributed by atoms with Crippen molar-refractivity contribution in [3.63, 3.8) is 0 Å². The van der Waals surface area contributed by atoms with Crippen LogP contribution in [0, 0.1) is 5.82 Å². The third-order valence-electron chi connectivity index (χ3n) is 2.19. The van der Waals surface area contributed by atoms with E-state index in [4.69, 9.17) is 23.2 Å². The van der Waals surface area contributed by atoms with Gasteiger partial charge in [0.15, 0.2) is 0 Å². The van der Waals surface area contributed by atoms with Gasteiger partial charge in [-0.25, -0.2) is 4.39 Å². The fourth-order valence-electron chi connectivity index (χ4n) is 1.32. The number of aromatic nitrogens is 1. The van der Waals surface area contributed by atoms with E-state index in [1.54, 1.807) is 0 Å². The zero-order valence-electron chi connectivity index (χ0n) is 8.95. The number of halogens is 3. The number of rotatable bonds is 2. The quantitative estimate of drug-likeness (QED) is 0.912. The van der Waals surface area contributed by atoms with Crippen LogP contribution in [-0.2, 0) is 0 Å². The second kappa shape index (κ2) is 5.33. The monoisotopic (exact) mass is 284 g/mol. The summed E-state index contributed by atoms with van der Waals surface area (Å²) in [6.07, 6.45) is 2.83. The van der Waals surface area contributed by atoms with Gasteiger partial charge in [0, 0.05) is 18.1 Å². The molecule has 0 unspecified atom stereocenters. The molecule has 2 rings (SSSR count). The largest absolute Gasteiger partial charge is 0.322 e. The molecule has 0 radical (unpaired) electrons. The Hall–Kier alpha value is -1.65. The van der Waals surface area contributed by atoms with Crippen LogP contribution in [-0.4, -0.2) is 10.9 Å². The number of pyridine rings is 1. The number of carbonyl (C=O) groups excluding carboxylic acids is 1. The van der Waals surface area contributed by atoms with Crippen molar-refractivity contribution in [3.05, 3.63) is 58.1 Å². The number of carbonyl (C=O) groups is 1. The fourth-order valence-corrected chi connectivity index (χ4v) is 1.69. The molecule has 92 valence electrons. The number of hydrogen-bond donors (Lipinski definition) is 1. The van der Waals surface area contributed by atoms with Gasteiger partial charge in [-0.2, -0.15) is 0 Å². The second-order valence-electron chi connectivity index (χ2n) is 3.44. The second-order valence-corrected chi connectivity index (χ2v) is 4.25. The Morgan fingerprint density at radius 3 is 2.67 bits per heavy atom. The van der Waals surface area contributed by atoms with Crippen LogP contribution in [0.3, 0.4) is 0 Å². The van der Waals surface area contributed by atoms with Crippen LogP contribution in [0.2, 0.25) is 10.0 Å². The molecule has 0 aliphatic carbocycles. The normalized spacial score (nSPS) is 10.2. The molecule has 0 saturated carbocycles. The summed E-state index contributed by atoms with van der Waals surface area (Å²) in [6.45, 7) is 0. The molecule has 1 N–H and O–H groups in total. The number of nitrogens with zero attached hydrogens (tertiary/aromatic N) is 1. The van der Waals surface area contributed by atoms with E-state index < -0.39 is 11.7 Å². The van der Waals surface area contributed by atoms with Gasteiger partial charge in [-0.05, 0) is 24.3 Å². The molecule has 1 aromatic heterocycles. The molecule has 0 aliphatic rings. The lowest BCUT2D eigenvalue weighted by molar-refractivity contribution is 0.102. The molecule has 1 amide bonds. The van der Waals surface area contributed by atoms with Crippen molar-refractivity contribution in [3.8, 4) is 0 Å². The van der Waals surface area contributed by atoms with Crippen LogP contribution >= 0.6 is 23.2 Å². The van der Waals surface area contributed by atoms with Gasteiger partial charge in [-0.1, -0.05) is 23.2 Å². The maximum Gasteiger partial charge on any atom is 0.258 e. The maximum absolute atomic E-state index is 12.9. The molecule has 18 heavy (non-hydrogen) atoms. The van der Waals surface area contributed by atoms with Crippen LogP contribution in [0.15, 0.2) is 36.7 Å². The summed E-state index contributed by atoms with van der Waals surface area (Å²) in [6, 6.07) is 5.40. The minimum Gasteiger partial charge on any atom is -0.322 e. The lowest BCUT2D eigenvalue weighted by Gasteiger charge is -2.06. The van der Waals surface area contributed by atoms with Gasteiger partial charge >= 0.3 is 0 Å². The smallest absolute Gasteiger partial charge is 0.258 e. The van der Waals surface area contributed by atoms with Crippen molar-refractivity contribution in [2.45, 2.75) is 0 Å². The van der Waals surface area contributed by atoms with Gasteiger partial charge in [-0.15, -0.1) is 0 Å². The Bertz CT molecular complexity index is 604. The minimum atomic E-state index is -0.547. The van der Waals surface area contributed by atoms with E-state index in [2.05, 4.69) is 10.3 Å². The zero-order chi connectivity index (χ0) is 13.1. The molecule has 0 aliphatic heterocycles. The van der Waals surface area contributed by atoms with Crippen LogP contribution in [0.5, 0.6) is 0 Å². The Kier molecular flexibility index (Phi) is 3.79. The maximum atomic E-state index is 12.9. The Labute approximate surface area is 113 Å². The van der Waals surface area contributed by atoms with Crippen LogP contribution < -0.4 is 5.32 Å². The standard InChI is InChI=1S/C12H7Cl2FN2O/c13-9-3-4-16-6-8(9)12(18)17-7-1-2-11(15)10(14)5-7/h1-6H,(H,17,18). The van der Waals surface area contributed by atoms with Crippen LogP contribution in [0.25, 0.3) is 0 Å². The molecule has 0 saturated heterocycles. The van der Waals surface area contributed by atoms with Gasteiger partial charge in [0.05, 0.1) is 15.6 Å². The average Bonchev–Trinajstić information content (AvgIpc) is 2.34. The molecule has 0 atom stereocenters. The summed E-state index contributed by atoms with van der Waals surface area (Å²) >= 11 is 11.5. The van der Waals surface area contributed by atoms with Crippen LogP contribution in [0.1, 0.15) is 10.4 Å². The van der Waals surface area contributed by atoms with E-state index in [0.29, 0.717) is 5.69 Å². The summed E-state index contributed by atoms with van der Waals surface area (Å²) in [5.74, 6) is -0.982. The van der Waals surface area contributed by atoms with Crippen molar-refractivity contribution < 1.29 is 9.18 Å². The predicted octanol–water partition coefficient (Wildman–Crippen LogP) is 3.78. The molecular formula is C12H7Cl2FN2O. The van der Waals surface area contributed by atoms with Crippen molar-refractivity contribution >= 4 is 34.8 Å². The highest BCUT2D eigenvalue weighted by Crippen LogP contribution is 2.21. The first-order valence-electron chi connectivity index (χ1n) is 4.94. The molecule has 2 aromatic rings. The van der Waals surface area contributed by atoms with Gasteiger partial charge in [0.25, 0.3) is 5.91 Å². The molecule has 1 heterocycles. The molecule has 3 nitrogen and oxygen atoms in total. The van der Waals surface area contributed by atoms with E-state index in [9.17, 15) is 9.18 Å². The van der Waals surface area contributed by atoms with Crippen molar-refractivity contribution in [1.29, 1.82) is 0 Å². The predicted molar refractivity (Wildman–Crippen MR) is 68.6 cm³/mol. The Balaban J connectivity index is 2.22. The number of nitrogens with one attached hydrogen (secondary N) is 1. The average molecular weight is 285 g/mol. The number of hydrogen-bond acceptors (Lipinski definition) is 2. The summed E-state index contributed by atoms with van der Waals surface area (Å²) in [4.78, 5) is 15.7. The van der Waals surface area contributed by atoms with E-state index in [1.807, 2.05) is 0 Å². The molecule has 0 bridgehead atoms. The molecule has 6 heteroatoms. The third kappa shape index (κ3) is 2.78.